The number of piperazine rings is 1. The lowest BCUT2D eigenvalue weighted by atomic mass is 10.1. The number of benzene rings is 2. The summed E-state index contributed by atoms with van der Waals surface area (Å²) in [5.74, 6) is 1.46. The van der Waals surface area contributed by atoms with E-state index in [2.05, 4.69) is 44.4 Å². The summed E-state index contributed by atoms with van der Waals surface area (Å²) in [5, 5.41) is 2.85. The predicted molar refractivity (Wildman–Crippen MR) is 125 cm³/mol. The van der Waals surface area contributed by atoms with Crippen molar-refractivity contribution in [2.75, 3.05) is 47.9 Å². The zero-order valence-electron chi connectivity index (χ0n) is 18.0. The molecule has 4 rings (SSSR count). The number of aryl methyl sites for hydroxylation is 1. The number of carbonyl (C=O) groups excluding carboxylic acids is 1. The van der Waals surface area contributed by atoms with Crippen LogP contribution in [0.15, 0.2) is 66.9 Å². The molecule has 0 atom stereocenters. The molecule has 0 saturated carbocycles. The van der Waals surface area contributed by atoms with Crippen molar-refractivity contribution in [3.8, 4) is 5.75 Å². The lowest BCUT2D eigenvalue weighted by Crippen LogP contribution is -2.46. The van der Waals surface area contributed by atoms with Crippen molar-refractivity contribution in [1.82, 2.24) is 4.98 Å². The number of hydrogen-bond acceptors (Lipinski definition) is 5. The van der Waals surface area contributed by atoms with Crippen LogP contribution in [0.2, 0.25) is 0 Å². The summed E-state index contributed by atoms with van der Waals surface area (Å²) in [5.41, 5.74) is 4.12. The maximum Gasteiger partial charge on any atom is 0.262 e. The Kier molecular flexibility index (Phi) is 6.36. The minimum Gasteiger partial charge on any atom is -0.483 e. The molecule has 0 aliphatic carbocycles. The quantitative estimate of drug-likeness (QED) is 0.657. The summed E-state index contributed by atoms with van der Waals surface area (Å²) in [6.07, 6.45) is 1.70. The Labute approximate surface area is 183 Å². The van der Waals surface area contributed by atoms with Crippen molar-refractivity contribution in [2.45, 2.75) is 13.8 Å². The topological polar surface area (TPSA) is 57.7 Å². The summed E-state index contributed by atoms with van der Waals surface area (Å²) in [6, 6.07) is 20.2. The normalized spacial score (nSPS) is 13.7. The maximum absolute atomic E-state index is 12.3. The van der Waals surface area contributed by atoms with Crippen molar-refractivity contribution in [3.05, 3.63) is 78.0 Å². The Morgan fingerprint density at radius 1 is 0.935 bits per heavy atom. The second kappa shape index (κ2) is 9.51. The van der Waals surface area contributed by atoms with Crippen LogP contribution in [0.25, 0.3) is 0 Å². The first kappa shape index (κ1) is 20.7. The Morgan fingerprint density at radius 3 is 2.39 bits per heavy atom. The van der Waals surface area contributed by atoms with Gasteiger partial charge in [-0.1, -0.05) is 30.3 Å². The van der Waals surface area contributed by atoms with Gasteiger partial charge in [-0.3, -0.25) is 4.79 Å². The molecule has 1 amide bonds. The number of rotatable bonds is 6. The Balaban J connectivity index is 1.27. The van der Waals surface area contributed by atoms with Crippen LogP contribution in [-0.2, 0) is 4.79 Å². The van der Waals surface area contributed by atoms with Gasteiger partial charge >= 0.3 is 0 Å². The molecule has 3 aromatic rings. The molecule has 6 heteroatoms. The van der Waals surface area contributed by atoms with E-state index in [-0.39, 0.29) is 12.5 Å². The summed E-state index contributed by atoms with van der Waals surface area (Å²) >= 11 is 0. The Bertz CT molecular complexity index is 1010. The van der Waals surface area contributed by atoms with Gasteiger partial charge in [-0.05, 0) is 55.3 Å². The van der Waals surface area contributed by atoms with Crippen LogP contribution in [0, 0.1) is 13.8 Å². The van der Waals surface area contributed by atoms with Gasteiger partial charge in [-0.25, -0.2) is 4.98 Å². The number of carbonyl (C=O) groups is 1. The van der Waals surface area contributed by atoms with Crippen LogP contribution >= 0.6 is 0 Å². The Morgan fingerprint density at radius 2 is 1.68 bits per heavy atom. The van der Waals surface area contributed by atoms with Crippen molar-refractivity contribution in [2.24, 2.45) is 0 Å². The van der Waals surface area contributed by atoms with E-state index in [4.69, 9.17) is 4.74 Å². The predicted octanol–water partition coefficient (Wildman–Crippen LogP) is 4.04. The molecular weight excluding hydrogens is 388 g/mol. The van der Waals surface area contributed by atoms with E-state index in [9.17, 15) is 4.79 Å². The van der Waals surface area contributed by atoms with E-state index >= 15 is 0 Å². The lowest BCUT2D eigenvalue weighted by Gasteiger charge is -2.36. The highest BCUT2D eigenvalue weighted by Gasteiger charge is 2.18. The molecule has 2 heterocycles. The average Bonchev–Trinajstić information content (AvgIpc) is 2.81. The summed E-state index contributed by atoms with van der Waals surface area (Å²) in [7, 11) is 0. The van der Waals surface area contributed by atoms with Crippen LogP contribution in [-0.4, -0.2) is 43.7 Å². The van der Waals surface area contributed by atoms with Gasteiger partial charge in [0.1, 0.15) is 11.6 Å². The highest BCUT2D eigenvalue weighted by molar-refractivity contribution is 5.91. The average molecular weight is 417 g/mol. The van der Waals surface area contributed by atoms with Crippen LogP contribution in [0.1, 0.15) is 11.1 Å². The fourth-order valence-electron chi connectivity index (χ4n) is 3.70. The van der Waals surface area contributed by atoms with E-state index in [0.29, 0.717) is 5.69 Å². The SMILES string of the molecule is Cc1cccc(OCC(=O)Nc2ccc(N3CCN(c4ccccc4)CC3)nc2)c1C. The summed E-state index contributed by atoms with van der Waals surface area (Å²) < 4.78 is 5.67. The van der Waals surface area contributed by atoms with Gasteiger partial charge < -0.3 is 19.9 Å². The lowest BCUT2D eigenvalue weighted by molar-refractivity contribution is -0.118. The van der Waals surface area contributed by atoms with Crippen molar-refractivity contribution >= 4 is 23.1 Å². The number of para-hydroxylation sites is 1. The number of hydrogen-bond donors (Lipinski definition) is 1. The molecule has 1 aliphatic heterocycles. The zero-order valence-corrected chi connectivity index (χ0v) is 18.0. The van der Waals surface area contributed by atoms with Gasteiger partial charge in [0.15, 0.2) is 6.61 Å². The van der Waals surface area contributed by atoms with Crippen molar-refractivity contribution < 1.29 is 9.53 Å². The van der Waals surface area contributed by atoms with Gasteiger partial charge in [0.25, 0.3) is 5.91 Å². The number of amides is 1. The van der Waals surface area contributed by atoms with Crippen molar-refractivity contribution in [3.63, 3.8) is 0 Å². The van der Waals surface area contributed by atoms with Gasteiger partial charge in [0.2, 0.25) is 0 Å². The molecule has 0 unspecified atom stereocenters. The first-order valence-corrected chi connectivity index (χ1v) is 10.6. The number of aromatic nitrogens is 1. The van der Waals surface area contributed by atoms with E-state index < -0.39 is 0 Å². The number of nitrogens with one attached hydrogen (secondary N) is 1. The van der Waals surface area contributed by atoms with Gasteiger partial charge in [-0.15, -0.1) is 0 Å². The monoisotopic (exact) mass is 416 g/mol. The number of pyridine rings is 1. The van der Waals surface area contributed by atoms with Crippen LogP contribution in [0.5, 0.6) is 5.75 Å². The maximum atomic E-state index is 12.3. The first-order valence-electron chi connectivity index (χ1n) is 10.6. The highest BCUT2D eigenvalue weighted by Crippen LogP contribution is 2.21. The molecule has 0 spiro atoms. The minimum absolute atomic E-state index is 0.0342. The van der Waals surface area contributed by atoms with Crippen LogP contribution < -0.4 is 19.9 Å². The molecular formula is C25H28N4O2. The third kappa shape index (κ3) is 5.15. The first-order chi connectivity index (χ1) is 15.1. The summed E-state index contributed by atoms with van der Waals surface area (Å²) in [6.45, 7) is 7.73. The third-order valence-electron chi connectivity index (χ3n) is 5.67. The van der Waals surface area contributed by atoms with E-state index in [1.165, 1.54) is 5.69 Å². The Hall–Kier alpha value is -3.54. The fraction of sp³-hybridized carbons (Fsp3) is 0.280. The van der Waals surface area contributed by atoms with Gasteiger partial charge in [0, 0.05) is 31.9 Å². The fourth-order valence-corrected chi connectivity index (χ4v) is 3.70. The molecule has 1 aromatic heterocycles. The molecule has 31 heavy (non-hydrogen) atoms. The van der Waals surface area contributed by atoms with E-state index in [1.54, 1.807) is 6.20 Å². The molecule has 6 nitrogen and oxygen atoms in total. The largest absolute Gasteiger partial charge is 0.483 e. The number of nitrogens with zero attached hydrogens (tertiary/aromatic N) is 3. The minimum atomic E-state index is -0.202. The molecule has 1 aliphatic rings. The molecule has 1 N–H and O–H groups in total. The second-order valence-corrected chi connectivity index (χ2v) is 7.75. The number of anilines is 3. The summed E-state index contributed by atoms with van der Waals surface area (Å²) in [4.78, 5) is 21.5. The van der Waals surface area contributed by atoms with Crippen LogP contribution in [0.3, 0.4) is 0 Å². The molecule has 1 fully saturated rings. The van der Waals surface area contributed by atoms with Crippen LogP contribution in [0.4, 0.5) is 17.2 Å². The second-order valence-electron chi connectivity index (χ2n) is 7.75. The highest BCUT2D eigenvalue weighted by atomic mass is 16.5. The number of ether oxygens (including phenoxy) is 1. The molecule has 0 radical (unpaired) electrons. The molecule has 1 saturated heterocycles. The van der Waals surface area contributed by atoms with E-state index in [0.717, 1.165) is 48.9 Å². The standard InChI is InChI=1S/C25H28N4O2/c1-19-7-6-10-23(20(19)2)31-18-25(30)27-21-11-12-24(26-17-21)29-15-13-28(14-16-29)22-8-4-3-5-9-22/h3-12,17H,13-16,18H2,1-2H3,(H,27,30). The van der Waals surface area contributed by atoms with E-state index in [1.807, 2.05) is 50.2 Å². The molecule has 2 aromatic carbocycles. The van der Waals surface area contributed by atoms with Crippen molar-refractivity contribution in [1.29, 1.82) is 0 Å². The van der Waals surface area contributed by atoms with Gasteiger partial charge in [0.05, 0.1) is 11.9 Å². The smallest absolute Gasteiger partial charge is 0.262 e. The molecule has 160 valence electrons. The third-order valence-corrected chi connectivity index (χ3v) is 5.67. The molecule has 0 bridgehead atoms. The van der Waals surface area contributed by atoms with Gasteiger partial charge in [-0.2, -0.15) is 0 Å². The zero-order chi connectivity index (χ0) is 21.6.